The first-order chi connectivity index (χ1) is 14.0. The van der Waals surface area contributed by atoms with Gasteiger partial charge in [-0.3, -0.25) is 9.59 Å². The lowest BCUT2D eigenvalue weighted by atomic mass is 10.1. The Bertz CT molecular complexity index is 1090. The fourth-order valence-corrected chi connectivity index (χ4v) is 3.37. The molecule has 1 heterocycles. The lowest BCUT2D eigenvalue weighted by Crippen LogP contribution is -2.23. The second-order valence-corrected chi connectivity index (χ2v) is 7.17. The van der Waals surface area contributed by atoms with Gasteiger partial charge in [0.15, 0.2) is 0 Å². The second-order valence-electron chi connectivity index (χ2n) is 6.32. The number of carbonyl (C=O) groups excluding carboxylic acids is 2. The summed E-state index contributed by atoms with van der Waals surface area (Å²) in [6.07, 6.45) is 1.44. The highest BCUT2D eigenvalue weighted by Gasteiger charge is 2.35. The maximum Gasteiger partial charge on any atom is 0.282 e. The molecule has 2 amide bonds. The number of fused-ring (bicyclic) bond motifs is 1. The van der Waals surface area contributed by atoms with E-state index in [2.05, 4.69) is 21.0 Å². The molecule has 0 bridgehead atoms. The predicted octanol–water partition coefficient (Wildman–Crippen LogP) is 4.80. The topological polar surface area (TPSA) is 59.0 Å². The molecule has 0 aliphatic carbocycles. The number of hydrogen-bond donors (Lipinski definition) is 0. The van der Waals surface area contributed by atoms with Crippen LogP contribution in [0.15, 0.2) is 76.3 Å². The van der Waals surface area contributed by atoms with Crippen LogP contribution in [0, 0.1) is 5.82 Å². The molecule has 5 nitrogen and oxygen atoms in total. The third kappa shape index (κ3) is 3.95. The van der Waals surface area contributed by atoms with Gasteiger partial charge in [-0.1, -0.05) is 24.3 Å². The standard InChI is InChI=1S/C22H14BrFN2O3/c23-19-11-15(7-10-20(19)29-13-14-5-8-16(24)9-6-14)12-25-26-21(27)17-3-1-2-4-18(17)22(26)28/h1-12H,13H2/b25-12-. The number of imide groups is 1. The fraction of sp³-hybridized carbons (Fsp3) is 0.0455. The van der Waals surface area contributed by atoms with Crippen molar-refractivity contribution >= 4 is 34.0 Å². The largest absolute Gasteiger partial charge is 0.488 e. The second kappa shape index (κ2) is 7.97. The zero-order valence-electron chi connectivity index (χ0n) is 15.0. The molecule has 3 aromatic rings. The number of halogens is 2. The molecule has 0 saturated heterocycles. The quantitative estimate of drug-likeness (QED) is 0.412. The molecule has 1 aliphatic heterocycles. The molecule has 0 unspecified atom stereocenters. The van der Waals surface area contributed by atoms with Gasteiger partial charge in [-0.2, -0.15) is 10.1 Å². The third-order valence-corrected chi connectivity index (χ3v) is 4.98. The minimum absolute atomic E-state index is 0.293. The van der Waals surface area contributed by atoms with Gasteiger partial charge in [0.05, 0.1) is 21.8 Å². The minimum Gasteiger partial charge on any atom is -0.488 e. The van der Waals surface area contributed by atoms with Crippen molar-refractivity contribution in [1.82, 2.24) is 5.01 Å². The summed E-state index contributed by atoms with van der Waals surface area (Å²) >= 11 is 3.44. The molecule has 0 radical (unpaired) electrons. The van der Waals surface area contributed by atoms with Crippen molar-refractivity contribution in [2.75, 3.05) is 0 Å². The van der Waals surface area contributed by atoms with Crippen molar-refractivity contribution in [3.8, 4) is 5.75 Å². The van der Waals surface area contributed by atoms with Gasteiger partial charge >= 0.3 is 0 Å². The summed E-state index contributed by atoms with van der Waals surface area (Å²) in [5.41, 5.74) is 2.22. The van der Waals surface area contributed by atoms with E-state index in [4.69, 9.17) is 4.74 Å². The van der Waals surface area contributed by atoms with Crippen molar-refractivity contribution in [3.05, 3.63) is 99.3 Å². The van der Waals surface area contributed by atoms with Gasteiger partial charge in [-0.05, 0) is 69.5 Å². The van der Waals surface area contributed by atoms with E-state index in [1.54, 1.807) is 54.6 Å². The summed E-state index contributed by atoms with van der Waals surface area (Å²) in [6.45, 7) is 0.293. The fourth-order valence-electron chi connectivity index (χ4n) is 2.86. The van der Waals surface area contributed by atoms with E-state index < -0.39 is 11.8 Å². The minimum atomic E-state index is -0.444. The Labute approximate surface area is 174 Å². The first-order valence-electron chi connectivity index (χ1n) is 8.71. The maximum absolute atomic E-state index is 13.0. The van der Waals surface area contributed by atoms with Crippen molar-refractivity contribution < 1.29 is 18.7 Å². The normalized spacial score (nSPS) is 13.2. The number of carbonyl (C=O) groups is 2. The summed E-state index contributed by atoms with van der Waals surface area (Å²) in [7, 11) is 0. The molecule has 0 aromatic heterocycles. The van der Waals surface area contributed by atoms with Gasteiger partial charge in [0.25, 0.3) is 11.8 Å². The number of hydrazone groups is 1. The summed E-state index contributed by atoms with van der Waals surface area (Å²) in [4.78, 5) is 24.7. The number of ether oxygens (including phenoxy) is 1. The summed E-state index contributed by atoms with van der Waals surface area (Å²) in [5.74, 6) is -0.579. The van der Waals surface area contributed by atoms with E-state index in [0.717, 1.165) is 10.6 Å². The molecule has 0 N–H and O–H groups in total. The molecule has 0 fully saturated rings. The molecule has 1 aliphatic rings. The van der Waals surface area contributed by atoms with Gasteiger partial charge in [0.2, 0.25) is 0 Å². The molecule has 7 heteroatoms. The van der Waals surface area contributed by atoms with Crippen molar-refractivity contribution in [1.29, 1.82) is 0 Å². The Morgan fingerprint density at radius 3 is 2.24 bits per heavy atom. The molecule has 3 aromatic carbocycles. The van der Waals surface area contributed by atoms with E-state index in [0.29, 0.717) is 33.5 Å². The van der Waals surface area contributed by atoms with Crippen LogP contribution in [-0.2, 0) is 6.61 Å². The molecular weight excluding hydrogens is 439 g/mol. The van der Waals surface area contributed by atoms with E-state index in [1.807, 2.05) is 0 Å². The maximum atomic E-state index is 13.0. The SMILES string of the molecule is O=C1c2ccccc2C(=O)N1/N=C\c1ccc(OCc2ccc(F)cc2)c(Br)c1. The third-order valence-electron chi connectivity index (χ3n) is 4.36. The van der Waals surface area contributed by atoms with Crippen LogP contribution in [0.4, 0.5) is 4.39 Å². The van der Waals surface area contributed by atoms with Crippen LogP contribution >= 0.6 is 15.9 Å². The molecular formula is C22H14BrFN2O3. The van der Waals surface area contributed by atoms with E-state index >= 15 is 0 Å². The number of benzene rings is 3. The summed E-state index contributed by atoms with van der Waals surface area (Å²) in [5, 5.41) is 4.91. The number of rotatable bonds is 5. The first kappa shape index (κ1) is 19.0. The van der Waals surface area contributed by atoms with Gasteiger partial charge in [0.1, 0.15) is 18.2 Å². The average molecular weight is 453 g/mol. The smallest absolute Gasteiger partial charge is 0.282 e. The zero-order valence-corrected chi connectivity index (χ0v) is 16.6. The Morgan fingerprint density at radius 1 is 0.966 bits per heavy atom. The van der Waals surface area contributed by atoms with Crippen LogP contribution in [-0.4, -0.2) is 23.0 Å². The van der Waals surface area contributed by atoms with Crippen molar-refractivity contribution in [2.24, 2.45) is 5.10 Å². The number of amides is 2. The highest BCUT2D eigenvalue weighted by molar-refractivity contribution is 9.10. The molecule has 29 heavy (non-hydrogen) atoms. The monoisotopic (exact) mass is 452 g/mol. The Hall–Kier alpha value is -3.32. The van der Waals surface area contributed by atoms with Crippen LogP contribution in [0.3, 0.4) is 0 Å². The van der Waals surface area contributed by atoms with E-state index in [-0.39, 0.29) is 5.82 Å². The number of nitrogens with zero attached hydrogens (tertiary/aromatic N) is 2. The van der Waals surface area contributed by atoms with E-state index in [1.165, 1.54) is 18.3 Å². The molecule has 0 saturated carbocycles. The Kier molecular flexibility index (Phi) is 5.22. The highest BCUT2D eigenvalue weighted by atomic mass is 79.9. The van der Waals surface area contributed by atoms with Crippen LogP contribution in [0.1, 0.15) is 31.8 Å². The Balaban J connectivity index is 1.45. The van der Waals surface area contributed by atoms with Crippen LogP contribution in [0.2, 0.25) is 0 Å². The van der Waals surface area contributed by atoms with Crippen LogP contribution < -0.4 is 4.74 Å². The Morgan fingerprint density at radius 2 is 1.62 bits per heavy atom. The van der Waals surface area contributed by atoms with E-state index in [9.17, 15) is 14.0 Å². The van der Waals surface area contributed by atoms with Crippen molar-refractivity contribution in [3.63, 3.8) is 0 Å². The first-order valence-corrected chi connectivity index (χ1v) is 9.51. The predicted molar refractivity (Wildman–Crippen MR) is 109 cm³/mol. The zero-order chi connectivity index (χ0) is 20.4. The number of hydrogen-bond acceptors (Lipinski definition) is 4. The molecule has 4 rings (SSSR count). The van der Waals surface area contributed by atoms with Gasteiger partial charge in [-0.25, -0.2) is 4.39 Å². The lowest BCUT2D eigenvalue weighted by Gasteiger charge is -2.09. The van der Waals surface area contributed by atoms with Crippen molar-refractivity contribution in [2.45, 2.75) is 6.61 Å². The van der Waals surface area contributed by atoms with Gasteiger partial charge in [-0.15, -0.1) is 0 Å². The van der Waals surface area contributed by atoms with Gasteiger partial charge in [0, 0.05) is 0 Å². The lowest BCUT2D eigenvalue weighted by molar-refractivity contribution is 0.0660. The molecule has 0 spiro atoms. The highest BCUT2D eigenvalue weighted by Crippen LogP contribution is 2.27. The van der Waals surface area contributed by atoms with Crippen LogP contribution in [0.25, 0.3) is 0 Å². The molecule has 0 atom stereocenters. The van der Waals surface area contributed by atoms with Crippen LogP contribution in [0.5, 0.6) is 5.75 Å². The van der Waals surface area contributed by atoms with Gasteiger partial charge < -0.3 is 4.74 Å². The molecule has 144 valence electrons. The average Bonchev–Trinajstić information content (AvgIpc) is 2.97. The summed E-state index contributed by atoms with van der Waals surface area (Å²) in [6, 6.07) is 18.0. The summed E-state index contributed by atoms with van der Waals surface area (Å²) < 4.78 is 19.4.